The molecule has 21 heavy (non-hydrogen) atoms. The van der Waals surface area contributed by atoms with Crippen LogP contribution in [0.4, 0.5) is 5.82 Å². The maximum absolute atomic E-state index is 5.10. The van der Waals surface area contributed by atoms with Crippen LogP contribution in [0.3, 0.4) is 0 Å². The monoisotopic (exact) mass is 294 g/mol. The molecule has 0 spiro atoms. The Hall–Kier alpha value is -1.07. The molecule has 0 aromatic carbocycles. The maximum Gasteiger partial charge on any atom is 0.131 e. The lowest BCUT2D eigenvalue weighted by Gasteiger charge is -2.25. The summed E-state index contributed by atoms with van der Waals surface area (Å²) in [5.41, 5.74) is 2.47. The number of anilines is 1. The molecule has 1 aliphatic rings. The third-order valence-corrected chi connectivity index (χ3v) is 4.07. The number of methoxy groups -OCH3 is 1. The van der Waals surface area contributed by atoms with E-state index in [9.17, 15) is 0 Å². The van der Waals surface area contributed by atoms with Crippen molar-refractivity contribution in [3.8, 4) is 0 Å². The van der Waals surface area contributed by atoms with Gasteiger partial charge in [-0.05, 0) is 32.1 Å². The van der Waals surface area contributed by atoms with Crippen molar-refractivity contribution in [1.29, 1.82) is 0 Å². The van der Waals surface area contributed by atoms with E-state index in [1.165, 1.54) is 37.2 Å². The van der Waals surface area contributed by atoms with E-state index >= 15 is 0 Å². The van der Waals surface area contributed by atoms with Gasteiger partial charge in [-0.2, -0.15) is 5.10 Å². The molecule has 0 amide bonds. The maximum atomic E-state index is 5.10. The Morgan fingerprint density at radius 2 is 2.19 bits per heavy atom. The van der Waals surface area contributed by atoms with Crippen molar-refractivity contribution in [2.75, 3.05) is 38.3 Å². The van der Waals surface area contributed by atoms with Crippen LogP contribution in [0.1, 0.15) is 37.4 Å². The molecule has 5 nitrogen and oxygen atoms in total. The standard InChI is InChI=1S/C16H30N4O/c1-5-9-20(12-14-6-7-14)16-15(11-17-8-10-21-4)13(2)18-19(16)3/h14,17H,5-12H2,1-4H3. The molecule has 1 aliphatic carbocycles. The Bertz CT molecular complexity index is 440. The Balaban J connectivity index is 2.10. The molecule has 2 rings (SSSR count). The Kier molecular flexibility index (Phi) is 6.06. The molecule has 1 saturated carbocycles. The zero-order valence-electron chi connectivity index (χ0n) is 14.0. The van der Waals surface area contributed by atoms with E-state index in [0.29, 0.717) is 0 Å². The van der Waals surface area contributed by atoms with Gasteiger partial charge >= 0.3 is 0 Å². The summed E-state index contributed by atoms with van der Waals surface area (Å²) in [6, 6.07) is 0. The van der Waals surface area contributed by atoms with Crippen LogP contribution >= 0.6 is 0 Å². The highest BCUT2D eigenvalue weighted by Gasteiger charge is 2.27. The van der Waals surface area contributed by atoms with Crippen molar-refractivity contribution in [2.24, 2.45) is 13.0 Å². The number of nitrogens with zero attached hydrogens (tertiary/aromatic N) is 3. The van der Waals surface area contributed by atoms with Crippen molar-refractivity contribution in [1.82, 2.24) is 15.1 Å². The quantitative estimate of drug-likeness (QED) is 0.671. The number of hydrogen-bond donors (Lipinski definition) is 1. The molecule has 1 aromatic rings. The third kappa shape index (κ3) is 4.45. The van der Waals surface area contributed by atoms with Crippen molar-refractivity contribution in [3.63, 3.8) is 0 Å². The van der Waals surface area contributed by atoms with Gasteiger partial charge in [0, 0.05) is 45.9 Å². The van der Waals surface area contributed by atoms with Gasteiger partial charge in [0.1, 0.15) is 5.82 Å². The molecule has 1 aromatic heterocycles. The van der Waals surface area contributed by atoms with E-state index in [-0.39, 0.29) is 0 Å². The minimum Gasteiger partial charge on any atom is -0.383 e. The van der Waals surface area contributed by atoms with Crippen LogP contribution < -0.4 is 10.2 Å². The Labute approximate surface area is 128 Å². The van der Waals surface area contributed by atoms with E-state index in [1.807, 2.05) is 0 Å². The van der Waals surface area contributed by atoms with Gasteiger partial charge in [0.15, 0.2) is 0 Å². The highest BCUT2D eigenvalue weighted by Crippen LogP contribution is 2.33. The van der Waals surface area contributed by atoms with Gasteiger partial charge in [-0.25, -0.2) is 0 Å². The first kappa shape index (κ1) is 16.3. The van der Waals surface area contributed by atoms with Crippen molar-refractivity contribution < 1.29 is 4.74 Å². The van der Waals surface area contributed by atoms with Crippen LogP contribution in [-0.2, 0) is 18.3 Å². The molecule has 5 heteroatoms. The summed E-state index contributed by atoms with van der Waals surface area (Å²) < 4.78 is 7.15. The van der Waals surface area contributed by atoms with Crippen molar-refractivity contribution >= 4 is 5.82 Å². The molecule has 0 saturated heterocycles. The highest BCUT2D eigenvalue weighted by molar-refractivity contribution is 5.50. The van der Waals surface area contributed by atoms with E-state index in [1.54, 1.807) is 7.11 Å². The van der Waals surface area contributed by atoms with Gasteiger partial charge in [0.05, 0.1) is 12.3 Å². The van der Waals surface area contributed by atoms with Gasteiger partial charge in [-0.15, -0.1) is 0 Å². The summed E-state index contributed by atoms with van der Waals surface area (Å²) in [5, 5.41) is 8.10. The molecular formula is C16H30N4O. The van der Waals surface area contributed by atoms with Crippen LogP contribution in [0, 0.1) is 12.8 Å². The van der Waals surface area contributed by atoms with E-state index in [0.717, 1.165) is 37.9 Å². The first-order chi connectivity index (χ1) is 10.2. The number of hydrogen-bond acceptors (Lipinski definition) is 4. The zero-order chi connectivity index (χ0) is 15.2. The van der Waals surface area contributed by atoms with Crippen LogP contribution in [-0.4, -0.2) is 43.1 Å². The largest absolute Gasteiger partial charge is 0.383 e. The van der Waals surface area contributed by atoms with Gasteiger partial charge < -0.3 is 15.0 Å². The fourth-order valence-corrected chi connectivity index (χ4v) is 2.85. The smallest absolute Gasteiger partial charge is 0.131 e. The van der Waals surface area contributed by atoms with Gasteiger partial charge in [-0.3, -0.25) is 4.68 Å². The summed E-state index contributed by atoms with van der Waals surface area (Å²) in [6.07, 6.45) is 3.95. The Morgan fingerprint density at radius 1 is 1.43 bits per heavy atom. The average molecular weight is 294 g/mol. The molecule has 0 aliphatic heterocycles. The fraction of sp³-hybridized carbons (Fsp3) is 0.812. The topological polar surface area (TPSA) is 42.3 Å². The molecule has 1 heterocycles. The lowest BCUT2D eigenvalue weighted by Crippen LogP contribution is -2.30. The summed E-state index contributed by atoms with van der Waals surface area (Å²) in [5.74, 6) is 2.19. The second-order valence-corrected chi connectivity index (χ2v) is 6.07. The summed E-state index contributed by atoms with van der Waals surface area (Å²) in [7, 11) is 3.80. The summed E-state index contributed by atoms with van der Waals surface area (Å²) >= 11 is 0. The van der Waals surface area contributed by atoms with Crippen molar-refractivity contribution in [3.05, 3.63) is 11.3 Å². The van der Waals surface area contributed by atoms with Gasteiger partial charge in [-0.1, -0.05) is 6.92 Å². The van der Waals surface area contributed by atoms with Crippen LogP contribution in [0.25, 0.3) is 0 Å². The number of aromatic nitrogens is 2. The minimum atomic E-state index is 0.745. The summed E-state index contributed by atoms with van der Waals surface area (Å²) in [6.45, 7) is 9.13. The SMILES string of the molecule is CCCN(CC1CC1)c1c(CNCCOC)c(C)nn1C. The van der Waals surface area contributed by atoms with Crippen molar-refractivity contribution in [2.45, 2.75) is 39.7 Å². The first-order valence-corrected chi connectivity index (χ1v) is 8.14. The molecule has 0 atom stereocenters. The predicted octanol–water partition coefficient (Wildman–Crippen LogP) is 2.09. The lowest BCUT2D eigenvalue weighted by atomic mass is 10.2. The molecular weight excluding hydrogens is 264 g/mol. The number of nitrogens with one attached hydrogen (secondary N) is 1. The molecule has 0 radical (unpaired) electrons. The fourth-order valence-electron chi connectivity index (χ4n) is 2.85. The molecule has 1 fully saturated rings. The van der Waals surface area contributed by atoms with Crippen LogP contribution in [0.2, 0.25) is 0 Å². The van der Waals surface area contributed by atoms with E-state index in [2.05, 4.69) is 40.9 Å². The molecule has 0 bridgehead atoms. The first-order valence-electron chi connectivity index (χ1n) is 8.14. The molecule has 1 N–H and O–H groups in total. The predicted molar refractivity (Wildman–Crippen MR) is 86.8 cm³/mol. The third-order valence-electron chi connectivity index (χ3n) is 4.07. The van der Waals surface area contributed by atoms with E-state index < -0.39 is 0 Å². The lowest BCUT2D eigenvalue weighted by molar-refractivity contribution is 0.199. The van der Waals surface area contributed by atoms with Gasteiger partial charge in [0.2, 0.25) is 0 Å². The molecule has 120 valence electrons. The van der Waals surface area contributed by atoms with E-state index in [4.69, 9.17) is 4.74 Å². The normalized spacial score (nSPS) is 14.7. The number of ether oxygens (including phenoxy) is 1. The second kappa shape index (κ2) is 7.80. The van der Waals surface area contributed by atoms with Crippen LogP contribution in [0.5, 0.6) is 0 Å². The highest BCUT2D eigenvalue weighted by atomic mass is 16.5. The van der Waals surface area contributed by atoms with Gasteiger partial charge in [0.25, 0.3) is 0 Å². The number of aryl methyl sites for hydroxylation is 2. The minimum absolute atomic E-state index is 0.745. The Morgan fingerprint density at radius 3 is 2.81 bits per heavy atom. The number of rotatable bonds is 10. The summed E-state index contributed by atoms with van der Waals surface area (Å²) in [4.78, 5) is 2.53. The molecule has 0 unspecified atom stereocenters. The second-order valence-electron chi connectivity index (χ2n) is 6.07. The van der Waals surface area contributed by atoms with Crippen LogP contribution in [0.15, 0.2) is 0 Å². The average Bonchev–Trinajstić information content (AvgIpc) is 3.21. The zero-order valence-corrected chi connectivity index (χ0v) is 14.0.